The van der Waals surface area contributed by atoms with Gasteiger partial charge in [0.25, 0.3) is 5.91 Å². The highest BCUT2D eigenvalue weighted by Gasteiger charge is 2.11. The second kappa shape index (κ2) is 7.01. The van der Waals surface area contributed by atoms with Gasteiger partial charge < -0.3 is 14.5 Å². The lowest BCUT2D eigenvalue weighted by Gasteiger charge is -2.05. The molecule has 23 heavy (non-hydrogen) atoms. The van der Waals surface area contributed by atoms with Gasteiger partial charge in [0.15, 0.2) is 5.76 Å². The molecule has 1 aromatic heterocycles. The summed E-state index contributed by atoms with van der Waals surface area (Å²) in [6, 6.07) is 17.4. The third-order valence-corrected chi connectivity index (χ3v) is 3.74. The van der Waals surface area contributed by atoms with E-state index < -0.39 is 0 Å². The summed E-state index contributed by atoms with van der Waals surface area (Å²) in [6.07, 6.45) is 1.78. The van der Waals surface area contributed by atoms with E-state index in [1.807, 2.05) is 48.5 Å². The van der Waals surface area contributed by atoms with Crippen molar-refractivity contribution in [3.8, 4) is 5.75 Å². The minimum atomic E-state index is -0.170. The number of benzene rings is 2. The van der Waals surface area contributed by atoms with Crippen LogP contribution >= 0.6 is 0 Å². The molecule has 0 spiro atoms. The smallest absolute Gasteiger partial charge is 0.287 e. The van der Waals surface area contributed by atoms with Gasteiger partial charge in [-0.25, -0.2) is 0 Å². The van der Waals surface area contributed by atoms with Crippen molar-refractivity contribution in [3.05, 3.63) is 65.9 Å². The SMILES string of the molecule is COc1ccc(CCCNC(=O)c2cc3ccccc3o2)cc1. The number of carbonyl (C=O) groups excluding carboxylic acids is 1. The van der Waals surface area contributed by atoms with Crippen LogP contribution in [-0.2, 0) is 6.42 Å². The Morgan fingerprint density at radius 3 is 2.65 bits per heavy atom. The lowest BCUT2D eigenvalue weighted by Crippen LogP contribution is -2.24. The summed E-state index contributed by atoms with van der Waals surface area (Å²) in [7, 11) is 1.66. The number of amides is 1. The first-order chi connectivity index (χ1) is 11.3. The average Bonchev–Trinajstić information content (AvgIpc) is 3.03. The second-order valence-electron chi connectivity index (χ2n) is 5.36. The molecule has 0 unspecified atom stereocenters. The Bertz CT molecular complexity index is 757. The zero-order valence-electron chi connectivity index (χ0n) is 13.0. The predicted molar refractivity (Wildman–Crippen MR) is 89.9 cm³/mol. The molecule has 0 atom stereocenters. The van der Waals surface area contributed by atoms with Crippen molar-refractivity contribution >= 4 is 16.9 Å². The Morgan fingerprint density at radius 2 is 1.91 bits per heavy atom. The number of aryl methyl sites for hydroxylation is 1. The maximum Gasteiger partial charge on any atom is 0.287 e. The quantitative estimate of drug-likeness (QED) is 0.705. The molecule has 3 rings (SSSR count). The summed E-state index contributed by atoms with van der Waals surface area (Å²) in [5.74, 6) is 1.04. The molecule has 0 aliphatic carbocycles. The van der Waals surface area contributed by atoms with Gasteiger partial charge in [0.05, 0.1) is 7.11 Å². The van der Waals surface area contributed by atoms with Gasteiger partial charge in [-0.2, -0.15) is 0 Å². The maximum absolute atomic E-state index is 12.1. The van der Waals surface area contributed by atoms with Crippen LogP contribution in [0, 0.1) is 0 Å². The van der Waals surface area contributed by atoms with Crippen molar-refractivity contribution in [2.45, 2.75) is 12.8 Å². The van der Waals surface area contributed by atoms with Crippen LogP contribution in [0.4, 0.5) is 0 Å². The standard InChI is InChI=1S/C19H19NO3/c1-22-16-10-8-14(9-11-16)5-4-12-20-19(21)18-13-15-6-2-3-7-17(15)23-18/h2-3,6-11,13H,4-5,12H2,1H3,(H,20,21). The van der Waals surface area contributed by atoms with E-state index in [1.54, 1.807) is 13.2 Å². The van der Waals surface area contributed by atoms with E-state index in [2.05, 4.69) is 5.32 Å². The number of rotatable bonds is 6. The van der Waals surface area contributed by atoms with E-state index in [0.29, 0.717) is 12.3 Å². The molecule has 4 nitrogen and oxygen atoms in total. The third-order valence-electron chi connectivity index (χ3n) is 3.74. The largest absolute Gasteiger partial charge is 0.497 e. The van der Waals surface area contributed by atoms with Gasteiger partial charge >= 0.3 is 0 Å². The number of hydrogen-bond donors (Lipinski definition) is 1. The first-order valence-electron chi connectivity index (χ1n) is 7.66. The zero-order chi connectivity index (χ0) is 16.1. The number of ether oxygens (including phenoxy) is 1. The Labute approximate surface area is 135 Å². The van der Waals surface area contributed by atoms with Gasteiger partial charge in [-0.05, 0) is 42.7 Å². The van der Waals surface area contributed by atoms with Crippen molar-refractivity contribution < 1.29 is 13.9 Å². The highest BCUT2D eigenvalue weighted by atomic mass is 16.5. The monoisotopic (exact) mass is 309 g/mol. The molecule has 0 aliphatic rings. The van der Waals surface area contributed by atoms with Crippen LogP contribution < -0.4 is 10.1 Å². The molecule has 118 valence electrons. The van der Waals surface area contributed by atoms with E-state index in [1.165, 1.54) is 5.56 Å². The fraction of sp³-hybridized carbons (Fsp3) is 0.211. The Hall–Kier alpha value is -2.75. The number of methoxy groups -OCH3 is 1. The van der Waals surface area contributed by atoms with Gasteiger partial charge in [-0.1, -0.05) is 30.3 Å². The van der Waals surface area contributed by atoms with Crippen LogP contribution in [0.25, 0.3) is 11.0 Å². The molecule has 2 aromatic carbocycles. The third kappa shape index (κ3) is 3.72. The van der Waals surface area contributed by atoms with Crippen LogP contribution in [0.5, 0.6) is 5.75 Å². The zero-order valence-corrected chi connectivity index (χ0v) is 13.0. The van der Waals surface area contributed by atoms with Gasteiger partial charge in [0, 0.05) is 11.9 Å². The van der Waals surface area contributed by atoms with Crippen LogP contribution in [-0.4, -0.2) is 19.6 Å². The van der Waals surface area contributed by atoms with Crippen molar-refractivity contribution in [2.24, 2.45) is 0 Å². The summed E-state index contributed by atoms with van der Waals surface area (Å²) < 4.78 is 10.7. The van der Waals surface area contributed by atoms with Crippen LogP contribution in [0.2, 0.25) is 0 Å². The van der Waals surface area contributed by atoms with Crippen LogP contribution in [0.1, 0.15) is 22.5 Å². The molecule has 0 aliphatic heterocycles. The summed E-state index contributed by atoms with van der Waals surface area (Å²) in [5.41, 5.74) is 1.96. The second-order valence-corrected chi connectivity index (χ2v) is 5.36. The summed E-state index contributed by atoms with van der Waals surface area (Å²) in [4.78, 5) is 12.1. The first kappa shape index (κ1) is 15.2. The number of carbonyl (C=O) groups is 1. The number of furan rings is 1. The van der Waals surface area contributed by atoms with Crippen molar-refractivity contribution in [2.75, 3.05) is 13.7 Å². The molecule has 0 saturated carbocycles. The lowest BCUT2D eigenvalue weighted by atomic mass is 10.1. The molecule has 0 saturated heterocycles. The minimum absolute atomic E-state index is 0.170. The maximum atomic E-state index is 12.1. The predicted octanol–water partition coefficient (Wildman–Crippen LogP) is 3.80. The molecule has 1 amide bonds. The van der Waals surface area contributed by atoms with E-state index >= 15 is 0 Å². The van der Waals surface area contributed by atoms with E-state index in [4.69, 9.17) is 9.15 Å². The van der Waals surface area contributed by atoms with Crippen LogP contribution in [0.3, 0.4) is 0 Å². The molecular formula is C19H19NO3. The molecule has 1 N–H and O–H groups in total. The van der Waals surface area contributed by atoms with Crippen molar-refractivity contribution in [3.63, 3.8) is 0 Å². The van der Waals surface area contributed by atoms with Crippen molar-refractivity contribution in [1.82, 2.24) is 5.32 Å². The minimum Gasteiger partial charge on any atom is -0.497 e. The van der Waals surface area contributed by atoms with Gasteiger partial charge in [-0.3, -0.25) is 4.79 Å². The van der Waals surface area contributed by atoms with Gasteiger partial charge in [0.2, 0.25) is 0 Å². The summed E-state index contributed by atoms with van der Waals surface area (Å²) in [6.45, 7) is 0.613. The molecule has 0 fully saturated rings. The number of hydrogen-bond acceptors (Lipinski definition) is 3. The fourth-order valence-electron chi connectivity index (χ4n) is 2.47. The highest BCUT2D eigenvalue weighted by molar-refractivity contribution is 5.95. The molecule has 0 radical (unpaired) electrons. The number of fused-ring (bicyclic) bond motifs is 1. The van der Waals surface area contributed by atoms with E-state index in [9.17, 15) is 4.79 Å². The molecule has 0 bridgehead atoms. The fourth-order valence-corrected chi connectivity index (χ4v) is 2.47. The molecule has 4 heteroatoms. The first-order valence-corrected chi connectivity index (χ1v) is 7.66. The number of nitrogens with one attached hydrogen (secondary N) is 1. The van der Waals surface area contributed by atoms with Crippen LogP contribution in [0.15, 0.2) is 59.0 Å². The highest BCUT2D eigenvalue weighted by Crippen LogP contribution is 2.18. The van der Waals surface area contributed by atoms with Gasteiger partial charge in [0.1, 0.15) is 11.3 Å². The molecule has 3 aromatic rings. The van der Waals surface area contributed by atoms with Crippen molar-refractivity contribution in [1.29, 1.82) is 0 Å². The molecular weight excluding hydrogens is 290 g/mol. The Morgan fingerprint density at radius 1 is 1.13 bits per heavy atom. The Balaban J connectivity index is 1.48. The summed E-state index contributed by atoms with van der Waals surface area (Å²) in [5, 5.41) is 3.84. The topological polar surface area (TPSA) is 51.5 Å². The summed E-state index contributed by atoms with van der Waals surface area (Å²) >= 11 is 0. The Kier molecular flexibility index (Phi) is 4.62. The lowest BCUT2D eigenvalue weighted by molar-refractivity contribution is 0.0927. The normalized spacial score (nSPS) is 10.7. The van der Waals surface area contributed by atoms with E-state index in [0.717, 1.165) is 29.6 Å². The average molecular weight is 309 g/mol. The van der Waals surface area contributed by atoms with Gasteiger partial charge in [-0.15, -0.1) is 0 Å². The van der Waals surface area contributed by atoms with E-state index in [-0.39, 0.29) is 5.91 Å². The number of para-hydroxylation sites is 1. The molecule has 1 heterocycles.